The average Bonchev–Trinajstić information content (AvgIpc) is 2.46. The normalized spacial score (nSPS) is 13.2. The minimum Gasteiger partial charge on any atom is -0.309 e. The maximum absolute atomic E-state index is 13.1. The van der Waals surface area contributed by atoms with E-state index in [1.807, 2.05) is 19.1 Å². The first-order chi connectivity index (χ1) is 9.95. The van der Waals surface area contributed by atoms with Crippen molar-refractivity contribution in [1.82, 2.24) is 5.32 Å². The quantitative estimate of drug-likeness (QED) is 0.848. The fraction of sp³-hybridized carbons (Fsp3) is 0.333. The van der Waals surface area contributed by atoms with E-state index in [-0.39, 0.29) is 23.1 Å². The van der Waals surface area contributed by atoms with Gasteiger partial charge in [0.15, 0.2) is 0 Å². The Morgan fingerprint density at radius 2 is 1.38 bits per heavy atom. The Morgan fingerprint density at radius 1 is 0.905 bits per heavy atom. The third-order valence-corrected chi connectivity index (χ3v) is 3.92. The molecule has 0 radical (unpaired) electrons. The first-order valence-corrected chi connectivity index (χ1v) is 7.20. The van der Waals surface area contributed by atoms with Crippen LogP contribution in [0.2, 0.25) is 0 Å². The van der Waals surface area contributed by atoms with Gasteiger partial charge >= 0.3 is 0 Å². The Kier molecular flexibility index (Phi) is 4.73. The maximum atomic E-state index is 13.1. The van der Waals surface area contributed by atoms with Gasteiger partial charge < -0.3 is 5.32 Å². The van der Waals surface area contributed by atoms with Crippen molar-refractivity contribution < 1.29 is 8.78 Å². The van der Waals surface area contributed by atoms with Crippen molar-refractivity contribution in [1.29, 1.82) is 0 Å². The molecule has 1 N–H and O–H groups in total. The number of rotatable bonds is 5. The van der Waals surface area contributed by atoms with Gasteiger partial charge in [-0.25, -0.2) is 8.78 Å². The highest BCUT2D eigenvalue weighted by molar-refractivity contribution is 5.32. The van der Waals surface area contributed by atoms with E-state index in [0.29, 0.717) is 0 Å². The first-order valence-electron chi connectivity index (χ1n) is 7.20. The van der Waals surface area contributed by atoms with Crippen LogP contribution >= 0.6 is 0 Å². The van der Waals surface area contributed by atoms with Gasteiger partial charge in [0, 0.05) is 11.5 Å². The van der Waals surface area contributed by atoms with Crippen molar-refractivity contribution in [2.24, 2.45) is 0 Å². The Hall–Kier alpha value is -1.74. The third kappa shape index (κ3) is 3.48. The summed E-state index contributed by atoms with van der Waals surface area (Å²) < 4.78 is 26.3. The van der Waals surface area contributed by atoms with Crippen LogP contribution in [0.25, 0.3) is 0 Å². The fourth-order valence-electron chi connectivity index (χ4n) is 2.70. The van der Waals surface area contributed by atoms with Crippen molar-refractivity contribution in [3.63, 3.8) is 0 Å². The van der Waals surface area contributed by atoms with Crippen molar-refractivity contribution in [2.75, 3.05) is 6.54 Å². The number of hydrogen-bond acceptors (Lipinski definition) is 1. The second-order valence-corrected chi connectivity index (χ2v) is 5.77. The van der Waals surface area contributed by atoms with Gasteiger partial charge in [0.1, 0.15) is 11.6 Å². The topological polar surface area (TPSA) is 12.0 Å². The lowest BCUT2D eigenvalue weighted by atomic mass is 9.75. The van der Waals surface area contributed by atoms with Crippen LogP contribution in [0.3, 0.4) is 0 Å². The zero-order valence-electron chi connectivity index (χ0n) is 12.7. The number of halogens is 2. The lowest BCUT2D eigenvalue weighted by Crippen LogP contribution is -2.37. The van der Waals surface area contributed by atoms with Crippen LogP contribution in [-0.2, 0) is 5.41 Å². The molecule has 1 atom stereocenters. The summed E-state index contributed by atoms with van der Waals surface area (Å²) in [6, 6.07) is 13.1. The molecule has 2 rings (SSSR count). The molecule has 3 heteroatoms. The molecule has 0 saturated heterocycles. The molecule has 2 aromatic carbocycles. The number of benzene rings is 2. The number of likely N-dealkylation sites (N-methyl/N-ethyl adjacent to an activating group) is 1. The minimum atomic E-state index is -0.248. The predicted molar refractivity (Wildman–Crippen MR) is 82.2 cm³/mol. The van der Waals surface area contributed by atoms with Gasteiger partial charge in [-0.2, -0.15) is 0 Å². The fourth-order valence-corrected chi connectivity index (χ4v) is 2.70. The van der Waals surface area contributed by atoms with Crippen molar-refractivity contribution in [2.45, 2.75) is 32.2 Å². The van der Waals surface area contributed by atoms with Crippen LogP contribution in [0.15, 0.2) is 48.5 Å². The molecule has 0 fully saturated rings. The number of nitrogens with one attached hydrogen (secondary N) is 1. The Morgan fingerprint density at radius 3 is 1.86 bits per heavy atom. The molecule has 0 aliphatic carbocycles. The molecule has 2 aromatic rings. The molecule has 0 saturated carbocycles. The average molecular weight is 289 g/mol. The van der Waals surface area contributed by atoms with Crippen molar-refractivity contribution in [3.05, 3.63) is 71.3 Å². The standard InChI is InChI=1S/C18H21F2N/c1-4-21-17(13-5-9-15(19)10-6-13)18(2,3)14-7-11-16(20)12-8-14/h5-12,17,21H,4H2,1-3H3. The van der Waals surface area contributed by atoms with E-state index in [0.717, 1.165) is 17.7 Å². The highest BCUT2D eigenvalue weighted by atomic mass is 19.1. The molecule has 0 aliphatic heterocycles. The van der Waals surface area contributed by atoms with Crippen LogP contribution < -0.4 is 5.32 Å². The van der Waals surface area contributed by atoms with Crippen molar-refractivity contribution in [3.8, 4) is 0 Å². The van der Waals surface area contributed by atoms with Gasteiger partial charge in [0.25, 0.3) is 0 Å². The summed E-state index contributed by atoms with van der Waals surface area (Å²) in [5, 5.41) is 3.46. The first kappa shape index (κ1) is 15.6. The summed E-state index contributed by atoms with van der Waals surface area (Å²) in [7, 11) is 0. The van der Waals surface area contributed by atoms with Gasteiger partial charge in [0.2, 0.25) is 0 Å². The van der Waals surface area contributed by atoms with E-state index < -0.39 is 0 Å². The van der Waals surface area contributed by atoms with E-state index in [2.05, 4.69) is 19.2 Å². The summed E-state index contributed by atoms with van der Waals surface area (Å²) in [4.78, 5) is 0. The van der Waals surface area contributed by atoms with Crippen LogP contribution in [0.5, 0.6) is 0 Å². The van der Waals surface area contributed by atoms with Gasteiger partial charge in [-0.15, -0.1) is 0 Å². The second kappa shape index (κ2) is 6.35. The molecule has 0 aliphatic rings. The molecule has 0 aromatic heterocycles. The van der Waals surface area contributed by atoms with Crippen LogP contribution in [0, 0.1) is 11.6 Å². The molecule has 0 amide bonds. The summed E-state index contributed by atoms with van der Waals surface area (Å²) in [6.07, 6.45) is 0. The number of hydrogen-bond donors (Lipinski definition) is 1. The molecule has 1 unspecified atom stereocenters. The molecule has 0 spiro atoms. The summed E-state index contributed by atoms with van der Waals surface area (Å²) in [5.74, 6) is -0.482. The molecule has 112 valence electrons. The molecule has 21 heavy (non-hydrogen) atoms. The van der Waals surface area contributed by atoms with Gasteiger partial charge in [0.05, 0.1) is 0 Å². The van der Waals surface area contributed by atoms with Gasteiger partial charge in [-0.3, -0.25) is 0 Å². The summed E-state index contributed by atoms with van der Waals surface area (Å²) in [6.45, 7) is 7.05. The highest BCUT2D eigenvalue weighted by Crippen LogP contribution is 2.37. The summed E-state index contributed by atoms with van der Waals surface area (Å²) in [5.41, 5.74) is 1.81. The maximum Gasteiger partial charge on any atom is 0.123 e. The van der Waals surface area contributed by atoms with E-state index >= 15 is 0 Å². The molecule has 1 nitrogen and oxygen atoms in total. The Balaban J connectivity index is 2.39. The zero-order valence-corrected chi connectivity index (χ0v) is 12.7. The van der Waals surface area contributed by atoms with Crippen LogP contribution in [-0.4, -0.2) is 6.54 Å². The van der Waals surface area contributed by atoms with Crippen LogP contribution in [0.1, 0.15) is 37.9 Å². The van der Waals surface area contributed by atoms with Gasteiger partial charge in [-0.1, -0.05) is 45.0 Å². The predicted octanol–water partition coefficient (Wildman–Crippen LogP) is 4.59. The Labute approximate surface area is 125 Å². The highest BCUT2D eigenvalue weighted by Gasteiger charge is 2.32. The molecular weight excluding hydrogens is 268 g/mol. The van der Waals surface area contributed by atoms with E-state index in [1.54, 1.807) is 12.1 Å². The SMILES string of the molecule is CCNC(c1ccc(F)cc1)C(C)(C)c1ccc(F)cc1. The van der Waals surface area contributed by atoms with E-state index in [1.165, 1.54) is 24.3 Å². The lowest BCUT2D eigenvalue weighted by molar-refractivity contribution is 0.353. The summed E-state index contributed by atoms with van der Waals surface area (Å²) >= 11 is 0. The second-order valence-electron chi connectivity index (χ2n) is 5.77. The molecule has 0 bridgehead atoms. The van der Waals surface area contributed by atoms with E-state index in [4.69, 9.17) is 0 Å². The minimum absolute atomic E-state index is 0.0218. The Bertz CT molecular complexity index is 573. The monoisotopic (exact) mass is 289 g/mol. The largest absolute Gasteiger partial charge is 0.309 e. The van der Waals surface area contributed by atoms with E-state index in [9.17, 15) is 8.78 Å². The third-order valence-electron chi connectivity index (χ3n) is 3.92. The zero-order chi connectivity index (χ0) is 15.5. The molecule has 0 heterocycles. The van der Waals surface area contributed by atoms with Crippen LogP contribution in [0.4, 0.5) is 8.78 Å². The smallest absolute Gasteiger partial charge is 0.123 e. The van der Waals surface area contributed by atoms with Gasteiger partial charge in [-0.05, 0) is 41.9 Å². The lowest BCUT2D eigenvalue weighted by Gasteiger charge is -2.36. The molecular formula is C18H21F2N. The van der Waals surface area contributed by atoms with Crippen molar-refractivity contribution >= 4 is 0 Å².